The maximum Gasteiger partial charge on any atom is 0.320 e. The van der Waals surface area contributed by atoms with Gasteiger partial charge < -0.3 is 9.80 Å². The molecule has 1 heterocycles. The fourth-order valence-corrected chi connectivity index (χ4v) is 4.66. The van der Waals surface area contributed by atoms with Crippen LogP contribution in [0.5, 0.6) is 0 Å². The SMILES string of the molecule is CC1CC2(CCCCCC2)N(C(=O)N(C)C)Cc2ccccc21. The van der Waals surface area contributed by atoms with Gasteiger partial charge in [0, 0.05) is 26.2 Å². The van der Waals surface area contributed by atoms with Crippen molar-refractivity contribution < 1.29 is 4.79 Å². The zero-order valence-corrected chi connectivity index (χ0v) is 14.8. The van der Waals surface area contributed by atoms with Crippen LogP contribution in [-0.2, 0) is 6.54 Å². The van der Waals surface area contributed by atoms with Crippen LogP contribution >= 0.6 is 0 Å². The van der Waals surface area contributed by atoms with Crippen LogP contribution in [-0.4, -0.2) is 35.5 Å². The van der Waals surface area contributed by atoms with E-state index in [9.17, 15) is 4.79 Å². The molecule has 3 rings (SSSR count). The molecule has 126 valence electrons. The lowest BCUT2D eigenvalue weighted by Gasteiger charge is -2.44. The summed E-state index contributed by atoms with van der Waals surface area (Å²) >= 11 is 0. The molecule has 1 aromatic rings. The number of nitrogens with zero attached hydrogens (tertiary/aromatic N) is 2. The molecular weight excluding hydrogens is 284 g/mol. The predicted octanol–water partition coefficient (Wildman–Crippen LogP) is 4.77. The molecule has 0 saturated heterocycles. The largest absolute Gasteiger partial charge is 0.331 e. The highest BCUT2D eigenvalue weighted by Gasteiger charge is 2.43. The average Bonchev–Trinajstić information content (AvgIpc) is 2.84. The minimum atomic E-state index is 0.0380. The van der Waals surface area contributed by atoms with Gasteiger partial charge in [0.15, 0.2) is 0 Å². The fourth-order valence-electron chi connectivity index (χ4n) is 4.66. The molecule has 1 fully saturated rings. The van der Waals surface area contributed by atoms with Gasteiger partial charge in [-0.25, -0.2) is 4.79 Å². The first-order valence-corrected chi connectivity index (χ1v) is 9.10. The normalized spacial score (nSPS) is 23.8. The Bertz CT molecular complexity index is 559. The van der Waals surface area contributed by atoms with E-state index in [1.54, 1.807) is 4.90 Å². The number of carbonyl (C=O) groups excluding carboxylic acids is 1. The van der Waals surface area contributed by atoms with Crippen molar-refractivity contribution in [1.82, 2.24) is 9.80 Å². The Hall–Kier alpha value is -1.51. The van der Waals surface area contributed by atoms with Crippen LogP contribution in [0, 0.1) is 0 Å². The predicted molar refractivity (Wildman–Crippen MR) is 94.5 cm³/mol. The second-order valence-electron chi connectivity index (χ2n) is 7.71. The third kappa shape index (κ3) is 3.11. The minimum absolute atomic E-state index is 0.0380. The zero-order chi connectivity index (χ0) is 16.4. The second-order valence-corrected chi connectivity index (χ2v) is 7.71. The van der Waals surface area contributed by atoms with Gasteiger partial charge in [-0.3, -0.25) is 0 Å². The Morgan fingerprint density at radius 1 is 1.13 bits per heavy atom. The van der Waals surface area contributed by atoms with Crippen LogP contribution in [0.4, 0.5) is 4.79 Å². The van der Waals surface area contributed by atoms with Crippen LogP contribution in [0.15, 0.2) is 24.3 Å². The molecule has 1 saturated carbocycles. The van der Waals surface area contributed by atoms with Gasteiger partial charge in [0.2, 0.25) is 0 Å². The fraction of sp³-hybridized carbons (Fsp3) is 0.650. The third-order valence-electron chi connectivity index (χ3n) is 5.82. The number of carbonyl (C=O) groups is 1. The third-order valence-corrected chi connectivity index (χ3v) is 5.82. The Morgan fingerprint density at radius 2 is 1.78 bits per heavy atom. The lowest BCUT2D eigenvalue weighted by atomic mass is 9.79. The molecule has 1 aliphatic carbocycles. The topological polar surface area (TPSA) is 23.6 Å². The average molecular weight is 314 g/mol. The number of hydrogen-bond donors (Lipinski definition) is 0. The van der Waals surface area contributed by atoms with Crippen molar-refractivity contribution in [2.24, 2.45) is 0 Å². The lowest BCUT2D eigenvalue weighted by Crippen LogP contribution is -2.54. The molecule has 2 amide bonds. The van der Waals surface area contributed by atoms with Crippen LogP contribution in [0.3, 0.4) is 0 Å². The van der Waals surface area contributed by atoms with E-state index in [1.807, 2.05) is 14.1 Å². The van der Waals surface area contributed by atoms with Crippen molar-refractivity contribution in [3.8, 4) is 0 Å². The van der Waals surface area contributed by atoms with E-state index in [2.05, 4.69) is 36.1 Å². The molecule has 1 spiro atoms. The van der Waals surface area contributed by atoms with E-state index in [1.165, 1.54) is 36.8 Å². The summed E-state index contributed by atoms with van der Waals surface area (Å²) < 4.78 is 0. The summed E-state index contributed by atoms with van der Waals surface area (Å²) in [7, 11) is 3.76. The highest BCUT2D eigenvalue weighted by atomic mass is 16.2. The van der Waals surface area contributed by atoms with E-state index >= 15 is 0 Å². The molecule has 0 bridgehead atoms. The molecular formula is C20H30N2O. The highest BCUT2D eigenvalue weighted by Crippen LogP contribution is 2.44. The summed E-state index contributed by atoms with van der Waals surface area (Å²) in [6.45, 7) is 3.10. The van der Waals surface area contributed by atoms with Gasteiger partial charge >= 0.3 is 6.03 Å². The first kappa shape index (κ1) is 16.4. The summed E-state index contributed by atoms with van der Waals surface area (Å²) in [6.07, 6.45) is 8.54. The van der Waals surface area contributed by atoms with Crippen molar-refractivity contribution in [3.05, 3.63) is 35.4 Å². The first-order valence-electron chi connectivity index (χ1n) is 9.10. The summed E-state index contributed by atoms with van der Waals surface area (Å²) in [6, 6.07) is 8.88. The van der Waals surface area contributed by atoms with Gasteiger partial charge in [-0.1, -0.05) is 56.9 Å². The molecule has 1 atom stereocenters. The molecule has 3 heteroatoms. The maximum absolute atomic E-state index is 13.0. The maximum atomic E-state index is 13.0. The quantitative estimate of drug-likeness (QED) is 0.676. The monoisotopic (exact) mass is 314 g/mol. The summed E-state index contributed by atoms with van der Waals surface area (Å²) in [5.74, 6) is 0.518. The molecule has 0 N–H and O–H groups in total. The summed E-state index contributed by atoms with van der Waals surface area (Å²) in [5.41, 5.74) is 2.80. The van der Waals surface area contributed by atoms with Crippen molar-refractivity contribution in [3.63, 3.8) is 0 Å². The van der Waals surface area contributed by atoms with Crippen molar-refractivity contribution in [2.75, 3.05) is 14.1 Å². The Balaban J connectivity index is 2.04. The summed E-state index contributed by atoms with van der Waals surface area (Å²) in [4.78, 5) is 17.0. The standard InChI is InChI=1S/C20H30N2O/c1-16-14-20(12-8-4-5-9-13-20)22(19(23)21(2)3)15-17-10-6-7-11-18(16)17/h6-7,10-11,16H,4-5,8-9,12-15H2,1-3H3. The molecule has 1 unspecified atom stereocenters. The van der Waals surface area contributed by atoms with Gasteiger partial charge in [-0.15, -0.1) is 0 Å². The second kappa shape index (κ2) is 6.54. The molecule has 0 radical (unpaired) electrons. The number of urea groups is 1. The molecule has 3 nitrogen and oxygen atoms in total. The molecule has 1 aromatic carbocycles. The zero-order valence-electron chi connectivity index (χ0n) is 14.8. The van der Waals surface area contributed by atoms with Gasteiger partial charge in [0.25, 0.3) is 0 Å². The number of rotatable bonds is 0. The van der Waals surface area contributed by atoms with Gasteiger partial charge in [-0.05, 0) is 36.3 Å². The Labute approximate surface area is 140 Å². The molecule has 0 aromatic heterocycles. The van der Waals surface area contributed by atoms with Gasteiger partial charge in [0.1, 0.15) is 0 Å². The van der Waals surface area contributed by atoms with Crippen LogP contribution < -0.4 is 0 Å². The van der Waals surface area contributed by atoms with Crippen LogP contribution in [0.1, 0.15) is 68.9 Å². The number of hydrogen-bond acceptors (Lipinski definition) is 1. The number of benzene rings is 1. The Kier molecular flexibility index (Phi) is 4.65. The van der Waals surface area contributed by atoms with Gasteiger partial charge in [0.05, 0.1) is 0 Å². The number of amides is 2. The lowest BCUT2D eigenvalue weighted by molar-refractivity contribution is 0.0690. The minimum Gasteiger partial charge on any atom is -0.331 e. The van der Waals surface area contributed by atoms with E-state index < -0.39 is 0 Å². The Morgan fingerprint density at radius 3 is 2.43 bits per heavy atom. The van der Waals surface area contributed by atoms with E-state index in [0.717, 1.165) is 25.8 Å². The van der Waals surface area contributed by atoms with Crippen LogP contribution in [0.2, 0.25) is 0 Å². The van der Waals surface area contributed by atoms with E-state index in [4.69, 9.17) is 0 Å². The smallest absolute Gasteiger partial charge is 0.320 e. The molecule has 1 aliphatic heterocycles. The molecule has 2 aliphatic rings. The van der Waals surface area contributed by atoms with E-state index in [-0.39, 0.29) is 11.6 Å². The first-order chi connectivity index (χ1) is 11.0. The van der Waals surface area contributed by atoms with E-state index in [0.29, 0.717) is 5.92 Å². The van der Waals surface area contributed by atoms with Crippen molar-refractivity contribution in [1.29, 1.82) is 0 Å². The van der Waals surface area contributed by atoms with Crippen molar-refractivity contribution in [2.45, 2.75) is 69.9 Å². The molecule has 23 heavy (non-hydrogen) atoms. The van der Waals surface area contributed by atoms with Crippen molar-refractivity contribution >= 4 is 6.03 Å². The highest BCUT2D eigenvalue weighted by molar-refractivity contribution is 5.75. The van der Waals surface area contributed by atoms with Gasteiger partial charge in [-0.2, -0.15) is 0 Å². The van der Waals surface area contributed by atoms with Crippen LogP contribution in [0.25, 0.3) is 0 Å². The number of fused-ring (bicyclic) bond motifs is 1. The summed E-state index contributed by atoms with van der Waals surface area (Å²) in [5, 5.41) is 0.